The summed E-state index contributed by atoms with van der Waals surface area (Å²) < 4.78 is 2.29. The molecule has 2 aromatic rings. The highest BCUT2D eigenvalue weighted by Crippen LogP contribution is 2.22. The molecule has 0 bridgehead atoms. The zero-order valence-electron chi connectivity index (χ0n) is 9.51. The molecule has 0 radical (unpaired) electrons. The van der Waals surface area contributed by atoms with Gasteiger partial charge in [0.1, 0.15) is 11.8 Å². The fraction of sp³-hybridized carbons (Fsp3) is 0.0833. The maximum Gasteiger partial charge on any atom is 0.182 e. The van der Waals surface area contributed by atoms with Crippen LogP contribution < -0.4 is 5.73 Å². The van der Waals surface area contributed by atoms with Crippen LogP contribution in [0.4, 0.5) is 5.69 Å². The van der Waals surface area contributed by atoms with Gasteiger partial charge in [-0.3, -0.25) is 4.79 Å². The van der Waals surface area contributed by atoms with Gasteiger partial charge in [0.05, 0.1) is 5.69 Å². The average Bonchev–Trinajstić information content (AvgIpc) is 2.67. The molecule has 0 atom stereocenters. The molecule has 18 heavy (non-hydrogen) atoms. The Morgan fingerprint density at radius 2 is 2.06 bits per heavy atom. The van der Waals surface area contributed by atoms with Gasteiger partial charge < -0.3 is 5.73 Å². The van der Waals surface area contributed by atoms with Gasteiger partial charge in [0.15, 0.2) is 17.2 Å². The number of anilines is 1. The number of carbonyl (C=O) groups is 1. The third-order valence-corrected chi connectivity index (χ3v) is 2.96. The van der Waals surface area contributed by atoms with E-state index in [1.54, 1.807) is 12.1 Å². The summed E-state index contributed by atoms with van der Waals surface area (Å²) in [6, 6.07) is 9.16. The van der Waals surface area contributed by atoms with Crippen LogP contribution in [0.15, 0.2) is 28.7 Å². The van der Waals surface area contributed by atoms with E-state index in [-0.39, 0.29) is 22.9 Å². The highest BCUT2D eigenvalue weighted by Gasteiger charge is 2.18. The van der Waals surface area contributed by atoms with E-state index in [9.17, 15) is 4.79 Å². The number of ketones is 1. The Morgan fingerprint density at radius 1 is 1.44 bits per heavy atom. The maximum atomic E-state index is 11.4. The minimum Gasteiger partial charge on any atom is -0.394 e. The molecule has 0 unspecified atom stereocenters. The largest absolute Gasteiger partial charge is 0.394 e. The summed E-state index contributed by atoms with van der Waals surface area (Å²) in [5, 5.41) is 13.2. The van der Waals surface area contributed by atoms with Gasteiger partial charge in [-0.25, -0.2) is 4.68 Å². The highest BCUT2D eigenvalue weighted by atomic mass is 79.9. The second kappa shape index (κ2) is 4.63. The Labute approximate surface area is 112 Å². The molecular weight excluding hydrogens is 296 g/mol. The predicted octanol–water partition coefficient (Wildman–Crippen LogP) is 2.29. The number of hydrogen-bond donors (Lipinski definition) is 1. The van der Waals surface area contributed by atoms with E-state index in [0.29, 0.717) is 5.69 Å². The molecule has 2 rings (SSSR count). The van der Waals surface area contributed by atoms with Gasteiger partial charge in [-0.1, -0.05) is 15.9 Å². The van der Waals surface area contributed by atoms with Crippen LogP contribution in [0, 0.1) is 11.3 Å². The predicted molar refractivity (Wildman–Crippen MR) is 70.4 cm³/mol. The number of halogens is 1. The molecule has 2 N–H and O–H groups in total. The van der Waals surface area contributed by atoms with Crippen LogP contribution in [-0.4, -0.2) is 15.6 Å². The van der Waals surface area contributed by atoms with Gasteiger partial charge in [-0.2, -0.15) is 10.4 Å². The van der Waals surface area contributed by atoms with E-state index in [2.05, 4.69) is 21.0 Å². The quantitative estimate of drug-likeness (QED) is 0.863. The van der Waals surface area contributed by atoms with Crippen molar-refractivity contribution in [2.45, 2.75) is 6.92 Å². The SMILES string of the molecule is CC(=O)c1nn(-c2ccc(Br)cc2)c(C#N)c1N. The van der Waals surface area contributed by atoms with Gasteiger partial charge >= 0.3 is 0 Å². The van der Waals surface area contributed by atoms with E-state index < -0.39 is 0 Å². The van der Waals surface area contributed by atoms with Gasteiger partial charge in [-0.15, -0.1) is 0 Å². The topological polar surface area (TPSA) is 84.7 Å². The van der Waals surface area contributed by atoms with Crippen molar-refractivity contribution < 1.29 is 4.79 Å². The smallest absolute Gasteiger partial charge is 0.182 e. The summed E-state index contributed by atoms with van der Waals surface area (Å²) in [5.74, 6) is -0.264. The van der Waals surface area contributed by atoms with Gasteiger partial charge in [0.25, 0.3) is 0 Å². The van der Waals surface area contributed by atoms with Crippen LogP contribution in [-0.2, 0) is 0 Å². The number of nitrogens with zero attached hydrogens (tertiary/aromatic N) is 3. The molecule has 1 aromatic carbocycles. The van der Waals surface area contributed by atoms with Crippen LogP contribution in [0.1, 0.15) is 23.1 Å². The van der Waals surface area contributed by atoms with Crippen molar-refractivity contribution in [3.05, 3.63) is 40.1 Å². The number of nitriles is 1. The first-order valence-corrected chi connectivity index (χ1v) is 5.89. The lowest BCUT2D eigenvalue weighted by Crippen LogP contribution is -2.01. The van der Waals surface area contributed by atoms with E-state index in [4.69, 9.17) is 11.0 Å². The molecule has 0 fully saturated rings. The first-order valence-electron chi connectivity index (χ1n) is 5.10. The lowest BCUT2D eigenvalue weighted by Gasteiger charge is -2.02. The lowest BCUT2D eigenvalue weighted by atomic mass is 10.2. The molecule has 1 aromatic heterocycles. The van der Waals surface area contributed by atoms with Gasteiger partial charge in [0.2, 0.25) is 0 Å². The Balaban J connectivity index is 2.65. The van der Waals surface area contributed by atoms with Crippen LogP contribution >= 0.6 is 15.9 Å². The molecule has 0 aliphatic heterocycles. The normalized spacial score (nSPS) is 10.1. The average molecular weight is 305 g/mol. The zero-order chi connectivity index (χ0) is 13.3. The maximum absolute atomic E-state index is 11.4. The van der Waals surface area contributed by atoms with Crippen molar-refractivity contribution in [3.63, 3.8) is 0 Å². The Kier molecular flexibility index (Phi) is 3.17. The number of nitrogen functional groups attached to an aromatic ring is 1. The molecule has 0 spiro atoms. The summed E-state index contributed by atoms with van der Waals surface area (Å²) in [5.41, 5.74) is 6.83. The number of Topliss-reactive ketones (excluding diaryl/α,β-unsaturated/α-hetero) is 1. The number of rotatable bonds is 2. The Morgan fingerprint density at radius 3 is 2.56 bits per heavy atom. The number of benzene rings is 1. The standard InChI is InChI=1S/C12H9BrN4O/c1-7(18)12-11(15)10(6-14)17(16-12)9-4-2-8(13)3-5-9/h2-5H,15H2,1H3. The van der Waals surface area contributed by atoms with Gasteiger partial charge in [0, 0.05) is 11.4 Å². The molecule has 1 heterocycles. The third kappa shape index (κ3) is 2.00. The van der Waals surface area contributed by atoms with E-state index in [0.717, 1.165) is 4.47 Å². The molecule has 0 aliphatic rings. The molecule has 90 valence electrons. The minimum absolute atomic E-state index is 0.118. The molecule has 0 saturated heterocycles. The number of nitrogens with two attached hydrogens (primary N) is 1. The molecular formula is C12H9BrN4O. The Bertz CT molecular complexity index is 652. The van der Waals surface area contributed by atoms with Crippen LogP contribution in [0.2, 0.25) is 0 Å². The molecule has 5 nitrogen and oxygen atoms in total. The lowest BCUT2D eigenvalue weighted by molar-refractivity contribution is 0.101. The highest BCUT2D eigenvalue weighted by molar-refractivity contribution is 9.10. The third-order valence-electron chi connectivity index (χ3n) is 2.43. The van der Waals surface area contributed by atoms with Crippen molar-refractivity contribution >= 4 is 27.4 Å². The number of aromatic nitrogens is 2. The summed E-state index contributed by atoms with van der Waals surface area (Å²) in [4.78, 5) is 11.4. The number of hydrogen-bond acceptors (Lipinski definition) is 4. The minimum atomic E-state index is -0.264. The van der Waals surface area contributed by atoms with E-state index >= 15 is 0 Å². The summed E-state index contributed by atoms with van der Waals surface area (Å²) in [6.07, 6.45) is 0. The Hall–Kier alpha value is -2.13. The summed E-state index contributed by atoms with van der Waals surface area (Å²) in [7, 11) is 0. The zero-order valence-corrected chi connectivity index (χ0v) is 11.1. The van der Waals surface area contributed by atoms with Gasteiger partial charge in [-0.05, 0) is 24.3 Å². The van der Waals surface area contributed by atoms with Crippen molar-refractivity contribution in [1.82, 2.24) is 9.78 Å². The van der Waals surface area contributed by atoms with Crippen LogP contribution in [0.5, 0.6) is 0 Å². The first-order chi connectivity index (χ1) is 8.54. The second-order valence-electron chi connectivity index (χ2n) is 3.67. The summed E-state index contributed by atoms with van der Waals surface area (Å²) >= 11 is 3.32. The monoisotopic (exact) mass is 304 g/mol. The van der Waals surface area contributed by atoms with Crippen molar-refractivity contribution in [2.75, 3.05) is 5.73 Å². The second-order valence-corrected chi connectivity index (χ2v) is 4.58. The van der Waals surface area contributed by atoms with Crippen molar-refractivity contribution in [2.24, 2.45) is 0 Å². The molecule has 0 aliphatic carbocycles. The molecule has 0 amide bonds. The molecule has 0 saturated carbocycles. The van der Waals surface area contributed by atoms with Crippen molar-refractivity contribution in [3.8, 4) is 11.8 Å². The van der Waals surface area contributed by atoms with E-state index in [1.165, 1.54) is 11.6 Å². The van der Waals surface area contributed by atoms with Crippen molar-refractivity contribution in [1.29, 1.82) is 5.26 Å². The fourth-order valence-electron chi connectivity index (χ4n) is 1.57. The summed E-state index contributed by atoms with van der Waals surface area (Å²) in [6.45, 7) is 1.37. The van der Waals surface area contributed by atoms with E-state index in [1.807, 2.05) is 18.2 Å². The van der Waals surface area contributed by atoms with Crippen LogP contribution in [0.25, 0.3) is 5.69 Å². The fourth-order valence-corrected chi connectivity index (χ4v) is 1.83. The first kappa shape index (κ1) is 12.3. The number of carbonyl (C=O) groups excluding carboxylic acids is 1. The van der Waals surface area contributed by atoms with Crippen LogP contribution in [0.3, 0.4) is 0 Å². The molecule has 6 heteroatoms.